The van der Waals surface area contributed by atoms with Crippen LogP contribution in [0.25, 0.3) is 46.1 Å². The molecule has 0 atom stereocenters. The van der Waals surface area contributed by atoms with E-state index >= 15 is 0 Å². The van der Waals surface area contributed by atoms with Crippen molar-refractivity contribution in [1.82, 2.24) is 25.5 Å². The van der Waals surface area contributed by atoms with Crippen molar-refractivity contribution in [2.45, 2.75) is 13.3 Å². The Bertz CT molecular complexity index is 1400. The molecule has 0 saturated carbocycles. The highest BCUT2D eigenvalue weighted by Gasteiger charge is 2.13. The van der Waals surface area contributed by atoms with Crippen LogP contribution in [0.4, 0.5) is 0 Å². The number of fused-ring (bicyclic) bond motifs is 1. The maximum atomic E-state index is 4.60. The first-order valence-corrected chi connectivity index (χ1v) is 10.6. The molecule has 5 heteroatoms. The molecular weight excluding hydrogens is 382 g/mol. The zero-order chi connectivity index (χ0) is 21.2. The van der Waals surface area contributed by atoms with Gasteiger partial charge in [0.1, 0.15) is 5.69 Å². The molecule has 1 aliphatic heterocycles. The molecule has 0 spiro atoms. The Labute approximate surface area is 180 Å². The third kappa shape index (κ3) is 3.64. The molecule has 1 aliphatic rings. The van der Waals surface area contributed by atoms with Crippen LogP contribution in [0, 0.1) is 0 Å². The molecule has 5 rings (SSSR count). The van der Waals surface area contributed by atoms with E-state index in [0.717, 1.165) is 57.9 Å². The molecule has 3 aromatic heterocycles. The Balaban J connectivity index is 1.64. The monoisotopic (exact) mass is 407 g/mol. The summed E-state index contributed by atoms with van der Waals surface area (Å²) in [4.78, 5) is 7.70. The summed E-state index contributed by atoms with van der Waals surface area (Å²) in [7, 11) is 0. The predicted octanol–water partition coefficient (Wildman–Crippen LogP) is 3.68. The summed E-state index contributed by atoms with van der Waals surface area (Å²) < 4.78 is 0. The SMILES string of the molecule is C=c1[nH]nc(-c2cc3c(-c4ccncc4)cccc3[nH]2)/c1=C/C(=C\C)C1=CCNCC1. The number of nitrogens with zero attached hydrogens (tertiary/aromatic N) is 2. The lowest BCUT2D eigenvalue weighted by atomic mass is 9.98. The smallest absolute Gasteiger partial charge is 0.116 e. The van der Waals surface area contributed by atoms with E-state index in [1.54, 1.807) is 0 Å². The molecule has 0 radical (unpaired) electrons. The number of pyridine rings is 1. The third-order valence-electron chi connectivity index (χ3n) is 5.84. The van der Waals surface area contributed by atoms with E-state index < -0.39 is 0 Å². The van der Waals surface area contributed by atoms with Crippen LogP contribution in [-0.4, -0.2) is 33.3 Å². The number of nitrogens with one attached hydrogen (secondary N) is 3. The van der Waals surface area contributed by atoms with Gasteiger partial charge in [-0.2, -0.15) is 5.10 Å². The van der Waals surface area contributed by atoms with Gasteiger partial charge in [-0.3, -0.25) is 10.1 Å². The van der Waals surface area contributed by atoms with Crippen LogP contribution in [0.5, 0.6) is 0 Å². The highest BCUT2D eigenvalue weighted by Crippen LogP contribution is 2.31. The summed E-state index contributed by atoms with van der Waals surface area (Å²) in [6.07, 6.45) is 11.3. The average Bonchev–Trinajstić information content (AvgIpc) is 3.41. The van der Waals surface area contributed by atoms with Crippen LogP contribution >= 0.6 is 0 Å². The average molecular weight is 408 g/mol. The van der Waals surface area contributed by atoms with Crippen LogP contribution < -0.4 is 15.9 Å². The number of rotatable bonds is 4. The predicted molar refractivity (Wildman–Crippen MR) is 128 cm³/mol. The molecule has 4 heterocycles. The van der Waals surface area contributed by atoms with Gasteiger partial charge >= 0.3 is 0 Å². The largest absolute Gasteiger partial charge is 0.353 e. The van der Waals surface area contributed by atoms with Crippen molar-refractivity contribution < 1.29 is 0 Å². The van der Waals surface area contributed by atoms with E-state index in [9.17, 15) is 0 Å². The second-order valence-electron chi connectivity index (χ2n) is 7.72. The van der Waals surface area contributed by atoms with Gasteiger partial charge in [-0.25, -0.2) is 0 Å². The van der Waals surface area contributed by atoms with Crippen LogP contribution in [0.15, 0.2) is 72.1 Å². The fraction of sp³-hybridized carbons (Fsp3) is 0.154. The van der Waals surface area contributed by atoms with Crippen molar-refractivity contribution in [2.24, 2.45) is 0 Å². The Hall–Kier alpha value is -3.70. The molecule has 0 amide bonds. The molecule has 31 heavy (non-hydrogen) atoms. The van der Waals surface area contributed by atoms with Crippen molar-refractivity contribution in [3.8, 4) is 22.5 Å². The molecule has 0 bridgehead atoms. The molecule has 0 unspecified atom stereocenters. The Morgan fingerprint density at radius 3 is 2.81 bits per heavy atom. The summed E-state index contributed by atoms with van der Waals surface area (Å²) in [5.41, 5.74) is 7.85. The highest BCUT2D eigenvalue weighted by molar-refractivity contribution is 5.98. The van der Waals surface area contributed by atoms with Gasteiger partial charge in [0.25, 0.3) is 0 Å². The highest BCUT2D eigenvalue weighted by atomic mass is 15.1. The summed E-state index contributed by atoms with van der Waals surface area (Å²) in [5, 5.41) is 14.1. The van der Waals surface area contributed by atoms with E-state index in [2.05, 4.69) is 81.5 Å². The molecule has 154 valence electrons. The Kier molecular flexibility index (Phi) is 5.10. The number of aromatic nitrogens is 4. The first kappa shape index (κ1) is 19.3. The van der Waals surface area contributed by atoms with Gasteiger partial charge in [-0.05, 0) is 72.5 Å². The quantitative estimate of drug-likeness (QED) is 0.483. The normalized spacial score (nSPS) is 15.5. The van der Waals surface area contributed by atoms with Gasteiger partial charge in [0.05, 0.1) is 11.0 Å². The number of hydrogen-bond acceptors (Lipinski definition) is 3. The van der Waals surface area contributed by atoms with Crippen LogP contribution in [0.2, 0.25) is 0 Å². The second-order valence-corrected chi connectivity index (χ2v) is 7.72. The maximum Gasteiger partial charge on any atom is 0.116 e. The molecule has 0 fully saturated rings. The Morgan fingerprint density at radius 2 is 2.03 bits per heavy atom. The van der Waals surface area contributed by atoms with E-state index in [0.29, 0.717) is 0 Å². The number of allylic oxidation sites excluding steroid dienone is 2. The van der Waals surface area contributed by atoms with Gasteiger partial charge < -0.3 is 10.3 Å². The number of aromatic amines is 2. The topological polar surface area (TPSA) is 69.4 Å². The van der Waals surface area contributed by atoms with Gasteiger partial charge in [-0.15, -0.1) is 0 Å². The van der Waals surface area contributed by atoms with E-state index in [1.807, 2.05) is 24.5 Å². The minimum atomic E-state index is 0.817. The fourth-order valence-corrected chi connectivity index (χ4v) is 4.22. The molecule has 4 aromatic rings. The standard InChI is InChI=1S/C26H25N5/c1-3-18(19-7-11-27-12-8-19)15-22-17(2)30-31-26(22)25-16-23-21(5-4-6-24(23)29-25)20-9-13-28-14-10-20/h3-7,9-10,13-16,27,29-30H,2,8,11-12H2,1H3/b18-3+,22-15+. The number of H-pyrrole nitrogens is 2. The van der Waals surface area contributed by atoms with Crippen molar-refractivity contribution >= 4 is 23.6 Å². The third-order valence-corrected chi connectivity index (χ3v) is 5.84. The summed E-state index contributed by atoms with van der Waals surface area (Å²) in [6.45, 7) is 8.19. The van der Waals surface area contributed by atoms with Crippen LogP contribution in [0.3, 0.4) is 0 Å². The molecule has 1 aromatic carbocycles. The van der Waals surface area contributed by atoms with Crippen molar-refractivity contribution in [3.63, 3.8) is 0 Å². The maximum absolute atomic E-state index is 4.60. The number of benzene rings is 1. The molecular formula is C26H25N5. The van der Waals surface area contributed by atoms with Crippen molar-refractivity contribution in [2.75, 3.05) is 13.1 Å². The zero-order valence-electron chi connectivity index (χ0n) is 17.6. The molecule has 0 aliphatic carbocycles. The summed E-state index contributed by atoms with van der Waals surface area (Å²) in [5.74, 6) is 0. The fourth-order valence-electron chi connectivity index (χ4n) is 4.22. The first-order valence-electron chi connectivity index (χ1n) is 10.6. The van der Waals surface area contributed by atoms with Crippen molar-refractivity contribution in [3.05, 3.63) is 82.7 Å². The van der Waals surface area contributed by atoms with E-state index in [-0.39, 0.29) is 0 Å². The second kappa shape index (κ2) is 8.20. The molecule has 0 saturated heterocycles. The van der Waals surface area contributed by atoms with E-state index in [1.165, 1.54) is 16.7 Å². The molecule has 3 N–H and O–H groups in total. The summed E-state index contributed by atoms with van der Waals surface area (Å²) >= 11 is 0. The lowest BCUT2D eigenvalue weighted by Gasteiger charge is -2.14. The van der Waals surface area contributed by atoms with Gasteiger partial charge in [0.15, 0.2) is 0 Å². The van der Waals surface area contributed by atoms with Crippen LogP contribution in [0.1, 0.15) is 13.3 Å². The molecule has 5 nitrogen and oxygen atoms in total. The minimum Gasteiger partial charge on any atom is -0.353 e. The van der Waals surface area contributed by atoms with Crippen LogP contribution in [-0.2, 0) is 0 Å². The van der Waals surface area contributed by atoms with E-state index in [4.69, 9.17) is 0 Å². The lowest BCUT2D eigenvalue weighted by molar-refractivity contribution is 0.710. The van der Waals surface area contributed by atoms with Gasteiger partial charge in [0.2, 0.25) is 0 Å². The van der Waals surface area contributed by atoms with Gasteiger partial charge in [0, 0.05) is 35.1 Å². The lowest BCUT2D eigenvalue weighted by Crippen LogP contribution is -2.24. The van der Waals surface area contributed by atoms with Gasteiger partial charge in [-0.1, -0.05) is 30.9 Å². The number of hydrogen-bond donors (Lipinski definition) is 3. The van der Waals surface area contributed by atoms with Crippen molar-refractivity contribution in [1.29, 1.82) is 0 Å². The first-order chi connectivity index (χ1) is 15.2. The minimum absolute atomic E-state index is 0.817. The zero-order valence-corrected chi connectivity index (χ0v) is 17.6. The Morgan fingerprint density at radius 1 is 1.16 bits per heavy atom. The summed E-state index contributed by atoms with van der Waals surface area (Å²) in [6, 6.07) is 12.6.